The minimum absolute atomic E-state index is 0.142. The van der Waals surface area contributed by atoms with Crippen LogP contribution in [-0.2, 0) is 13.1 Å². The van der Waals surface area contributed by atoms with E-state index in [0.29, 0.717) is 6.54 Å². The number of benzene rings is 1. The van der Waals surface area contributed by atoms with Crippen molar-refractivity contribution in [3.63, 3.8) is 0 Å². The number of nitrogens with one attached hydrogen (secondary N) is 2. The first kappa shape index (κ1) is 16.5. The van der Waals surface area contributed by atoms with Crippen LogP contribution < -0.4 is 10.6 Å². The molecule has 1 fully saturated rings. The highest BCUT2D eigenvalue weighted by Gasteiger charge is 2.20. The average Bonchev–Trinajstić information content (AvgIpc) is 3.08. The molecule has 2 amide bonds. The topological polar surface area (TPSA) is 79.2 Å². The molecule has 0 bridgehead atoms. The molecule has 1 aliphatic carbocycles. The largest absolute Gasteiger partial charge is 0.393 e. The Morgan fingerprint density at radius 2 is 2.04 bits per heavy atom. The fraction of sp³-hybridized carbons (Fsp3) is 0.444. The highest BCUT2D eigenvalue weighted by atomic mass is 16.3. The molecule has 0 unspecified atom stereocenters. The van der Waals surface area contributed by atoms with Gasteiger partial charge in [0.15, 0.2) is 0 Å². The van der Waals surface area contributed by atoms with Gasteiger partial charge in [0.1, 0.15) is 0 Å². The molecular formula is C18H24N4O2. The summed E-state index contributed by atoms with van der Waals surface area (Å²) in [6.07, 6.45) is 8.50. The van der Waals surface area contributed by atoms with Crippen LogP contribution in [0, 0.1) is 0 Å². The maximum atomic E-state index is 12.0. The van der Waals surface area contributed by atoms with Gasteiger partial charge in [0.25, 0.3) is 0 Å². The van der Waals surface area contributed by atoms with Crippen molar-refractivity contribution in [2.45, 2.75) is 50.9 Å². The second-order valence-electron chi connectivity index (χ2n) is 6.39. The summed E-state index contributed by atoms with van der Waals surface area (Å²) in [7, 11) is 0. The number of aliphatic hydroxyl groups excluding tert-OH is 1. The van der Waals surface area contributed by atoms with E-state index in [1.807, 2.05) is 22.9 Å². The monoisotopic (exact) mass is 328 g/mol. The smallest absolute Gasteiger partial charge is 0.315 e. The molecule has 3 rings (SSSR count). The molecule has 1 heterocycles. The van der Waals surface area contributed by atoms with E-state index in [1.165, 1.54) is 5.56 Å². The first-order valence-corrected chi connectivity index (χ1v) is 8.45. The third kappa shape index (κ3) is 4.83. The standard InChI is InChI=1S/C18H24N4O2/c23-17-6-4-16(5-7-17)21-18(24)20-11-14-2-1-3-15(10-14)12-22-9-8-19-13-22/h1-3,8-10,13,16-17,23H,4-7,11-12H2,(H2,20,21,24). The third-order valence-corrected chi connectivity index (χ3v) is 4.40. The molecule has 1 aromatic heterocycles. The average molecular weight is 328 g/mol. The molecule has 0 radical (unpaired) electrons. The molecule has 0 saturated heterocycles. The van der Waals surface area contributed by atoms with Crippen LogP contribution in [-0.4, -0.2) is 32.8 Å². The quantitative estimate of drug-likeness (QED) is 0.786. The number of hydrogen-bond acceptors (Lipinski definition) is 3. The first-order chi connectivity index (χ1) is 11.7. The highest BCUT2D eigenvalue weighted by molar-refractivity contribution is 5.74. The van der Waals surface area contributed by atoms with E-state index >= 15 is 0 Å². The van der Waals surface area contributed by atoms with Crippen LogP contribution in [0.2, 0.25) is 0 Å². The van der Waals surface area contributed by atoms with Crippen molar-refractivity contribution in [3.8, 4) is 0 Å². The maximum absolute atomic E-state index is 12.0. The van der Waals surface area contributed by atoms with Gasteiger partial charge in [-0.2, -0.15) is 0 Å². The van der Waals surface area contributed by atoms with Crippen LogP contribution in [0.5, 0.6) is 0 Å². The third-order valence-electron chi connectivity index (χ3n) is 4.40. The zero-order valence-electron chi connectivity index (χ0n) is 13.7. The number of rotatable bonds is 5. The molecule has 0 aliphatic heterocycles. The summed E-state index contributed by atoms with van der Waals surface area (Å²) in [6, 6.07) is 8.20. The normalized spacial score (nSPS) is 20.5. The molecule has 2 aromatic rings. The Labute approximate surface area is 141 Å². The summed E-state index contributed by atoms with van der Waals surface area (Å²) in [5, 5.41) is 15.4. The number of aliphatic hydroxyl groups is 1. The lowest BCUT2D eigenvalue weighted by Crippen LogP contribution is -2.43. The lowest BCUT2D eigenvalue weighted by molar-refractivity contribution is 0.117. The molecule has 0 spiro atoms. The molecule has 1 aromatic carbocycles. The molecule has 6 heteroatoms. The van der Waals surface area contributed by atoms with Crippen molar-refractivity contribution >= 4 is 6.03 Å². The minimum atomic E-state index is -0.204. The number of hydrogen-bond donors (Lipinski definition) is 3. The van der Waals surface area contributed by atoms with Crippen LogP contribution >= 0.6 is 0 Å². The number of carbonyl (C=O) groups is 1. The summed E-state index contributed by atoms with van der Waals surface area (Å²) in [5.41, 5.74) is 2.25. The summed E-state index contributed by atoms with van der Waals surface area (Å²) in [4.78, 5) is 16.1. The minimum Gasteiger partial charge on any atom is -0.393 e. The van der Waals surface area contributed by atoms with Crippen LogP contribution in [0.3, 0.4) is 0 Å². The molecule has 1 saturated carbocycles. The predicted molar refractivity (Wildman–Crippen MR) is 91.4 cm³/mol. The van der Waals surface area contributed by atoms with Gasteiger partial charge >= 0.3 is 6.03 Å². The van der Waals surface area contributed by atoms with Crippen LogP contribution in [0.4, 0.5) is 4.79 Å². The van der Waals surface area contributed by atoms with Gasteiger partial charge in [-0.1, -0.05) is 24.3 Å². The van der Waals surface area contributed by atoms with Gasteiger partial charge in [0.05, 0.1) is 12.4 Å². The fourth-order valence-corrected chi connectivity index (χ4v) is 3.07. The Bertz CT molecular complexity index is 649. The Balaban J connectivity index is 1.46. The van der Waals surface area contributed by atoms with Gasteiger partial charge in [0, 0.05) is 31.5 Å². The Hall–Kier alpha value is -2.34. The van der Waals surface area contributed by atoms with E-state index in [9.17, 15) is 9.90 Å². The Kier molecular flexibility index (Phi) is 5.48. The summed E-state index contributed by atoms with van der Waals surface area (Å²) in [5.74, 6) is 0. The number of urea groups is 1. The van der Waals surface area contributed by atoms with Gasteiger partial charge < -0.3 is 20.3 Å². The lowest BCUT2D eigenvalue weighted by atomic mass is 9.93. The number of imidazole rings is 1. The van der Waals surface area contributed by atoms with Crippen LogP contribution in [0.1, 0.15) is 36.8 Å². The number of aromatic nitrogens is 2. The second kappa shape index (κ2) is 7.97. The summed E-state index contributed by atoms with van der Waals surface area (Å²) in [6.45, 7) is 1.27. The highest BCUT2D eigenvalue weighted by Crippen LogP contribution is 2.18. The van der Waals surface area contributed by atoms with Gasteiger partial charge in [-0.25, -0.2) is 9.78 Å². The van der Waals surface area contributed by atoms with Gasteiger partial charge in [-0.05, 0) is 36.8 Å². The maximum Gasteiger partial charge on any atom is 0.315 e. The van der Waals surface area contributed by atoms with Gasteiger partial charge in [-0.15, -0.1) is 0 Å². The molecule has 1 aliphatic rings. The van der Waals surface area contributed by atoms with Gasteiger partial charge in [-0.3, -0.25) is 0 Å². The Morgan fingerprint density at radius 3 is 2.79 bits per heavy atom. The number of carbonyl (C=O) groups excluding carboxylic acids is 1. The predicted octanol–water partition coefficient (Wildman–Crippen LogP) is 2.03. The van der Waals surface area contributed by atoms with E-state index < -0.39 is 0 Å². The number of nitrogens with zero attached hydrogens (tertiary/aromatic N) is 2. The molecule has 24 heavy (non-hydrogen) atoms. The summed E-state index contributed by atoms with van der Waals surface area (Å²) < 4.78 is 2.01. The van der Waals surface area contributed by atoms with Crippen molar-refractivity contribution in [2.75, 3.05) is 0 Å². The van der Waals surface area contributed by atoms with E-state index in [4.69, 9.17) is 0 Å². The van der Waals surface area contributed by atoms with Crippen molar-refractivity contribution in [1.29, 1.82) is 0 Å². The van der Waals surface area contributed by atoms with E-state index in [0.717, 1.165) is 37.8 Å². The van der Waals surface area contributed by atoms with E-state index in [2.05, 4.69) is 27.8 Å². The first-order valence-electron chi connectivity index (χ1n) is 8.45. The molecule has 3 N–H and O–H groups in total. The van der Waals surface area contributed by atoms with Crippen LogP contribution in [0.25, 0.3) is 0 Å². The van der Waals surface area contributed by atoms with Crippen molar-refractivity contribution in [3.05, 3.63) is 54.1 Å². The lowest BCUT2D eigenvalue weighted by Gasteiger charge is -2.26. The van der Waals surface area contributed by atoms with Crippen molar-refractivity contribution < 1.29 is 9.90 Å². The number of amides is 2. The van der Waals surface area contributed by atoms with E-state index in [1.54, 1.807) is 12.5 Å². The summed E-state index contributed by atoms with van der Waals surface area (Å²) >= 11 is 0. The zero-order chi connectivity index (χ0) is 16.8. The molecule has 0 atom stereocenters. The zero-order valence-corrected chi connectivity index (χ0v) is 13.7. The fourth-order valence-electron chi connectivity index (χ4n) is 3.07. The molecule has 6 nitrogen and oxygen atoms in total. The SMILES string of the molecule is O=C(NCc1cccc(Cn2ccnc2)c1)NC1CCC(O)CC1. The molecule has 128 valence electrons. The van der Waals surface area contributed by atoms with E-state index in [-0.39, 0.29) is 18.2 Å². The van der Waals surface area contributed by atoms with Gasteiger partial charge in [0.2, 0.25) is 0 Å². The van der Waals surface area contributed by atoms with Crippen LogP contribution in [0.15, 0.2) is 43.0 Å². The Morgan fingerprint density at radius 1 is 1.25 bits per heavy atom. The van der Waals surface area contributed by atoms with Crippen molar-refractivity contribution in [1.82, 2.24) is 20.2 Å². The second-order valence-corrected chi connectivity index (χ2v) is 6.39. The van der Waals surface area contributed by atoms with Crippen molar-refractivity contribution in [2.24, 2.45) is 0 Å². The molecular weight excluding hydrogens is 304 g/mol.